The molecule has 0 aliphatic carbocycles. The standard InChI is InChI=1S/C27H23FN4O2S/c1-16-14-20(17(2)31(16)19-9-7-8-18(15-19)26(33)34)25-24(22-11-5-6-13-29-22)30-27(35)32(25)23-12-4-3-10-21(23)28/h3-15,24-25H,1-2H3,(H,30,35)(H,33,34)/t24-,25-/m0/s1. The van der Waals surface area contributed by atoms with Crippen molar-refractivity contribution < 1.29 is 14.3 Å². The number of carbonyl (C=O) groups is 1. The van der Waals surface area contributed by atoms with Crippen LogP contribution in [0.15, 0.2) is 79.0 Å². The molecule has 2 N–H and O–H groups in total. The molecule has 2 aromatic heterocycles. The second-order valence-electron chi connectivity index (χ2n) is 8.47. The number of thiocarbonyl (C=S) groups is 1. The molecule has 1 fully saturated rings. The first-order valence-electron chi connectivity index (χ1n) is 11.1. The van der Waals surface area contributed by atoms with E-state index in [0.717, 1.165) is 28.3 Å². The smallest absolute Gasteiger partial charge is 0.335 e. The predicted molar refractivity (Wildman–Crippen MR) is 137 cm³/mol. The Morgan fingerprint density at radius 2 is 1.83 bits per heavy atom. The van der Waals surface area contributed by atoms with Gasteiger partial charge in [-0.2, -0.15) is 0 Å². The number of aromatic carboxylic acids is 1. The van der Waals surface area contributed by atoms with E-state index in [1.54, 1.807) is 42.6 Å². The maximum Gasteiger partial charge on any atom is 0.335 e. The van der Waals surface area contributed by atoms with Gasteiger partial charge in [0.25, 0.3) is 0 Å². The second-order valence-corrected chi connectivity index (χ2v) is 8.85. The zero-order chi connectivity index (χ0) is 24.7. The zero-order valence-electron chi connectivity index (χ0n) is 19.1. The molecule has 2 atom stereocenters. The third-order valence-corrected chi connectivity index (χ3v) is 6.66. The third kappa shape index (κ3) is 3.95. The summed E-state index contributed by atoms with van der Waals surface area (Å²) in [5.41, 5.74) is 4.89. The molecular weight excluding hydrogens is 463 g/mol. The molecule has 176 valence electrons. The van der Waals surface area contributed by atoms with Gasteiger partial charge in [-0.15, -0.1) is 0 Å². The number of halogens is 1. The molecule has 0 unspecified atom stereocenters. The van der Waals surface area contributed by atoms with Crippen LogP contribution in [0, 0.1) is 19.7 Å². The lowest BCUT2D eigenvalue weighted by Gasteiger charge is -2.28. The van der Waals surface area contributed by atoms with Crippen LogP contribution in [0.25, 0.3) is 5.69 Å². The lowest BCUT2D eigenvalue weighted by atomic mass is 9.96. The van der Waals surface area contributed by atoms with Gasteiger partial charge >= 0.3 is 5.97 Å². The number of aryl methyl sites for hydroxylation is 1. The van der Waals surface area contributed by atoms with Crippen LogP contribution in [-0.4, -0.2) is 25.7 Å². The van der Waals surface area contributed by atoms with Crippen LogP contribution in [0.3, 0.4) is 0 Å². The molecule has 1 saturated heterocycles. The summed E-state index contributed by atoms with van der Waals surface area (Å²) in [5, 5.41) is 13.2. The molecule has 4 aromatic rings. The molecule has 3 heterocycles. The van der Waals surface area contributed by atoms with Crippen molar-refractivity contribution in [3.8, 4) is 5.69 Å². The van der Waals surface area contributed by atoms with Crippen molar-refractivity contribution in [3.05, 3.63) is 113 Å². The number of aromatic nitrogens is 2. The van der Waals surface area contributed by atoms with E-state index in [0.29, 0.717) is 10.8 Å². The fourth-order valence-corrected chi connectivity index (χ4v) is 5.18. The third-order valence-electron chi connectivity index (χ3n) is 6.35. The number of nitrogens with one attached hydrogen (secondary N) is 1. The Hall–Kier alpha value is -4.04. The fraction of sp³-hybridized carbons (Fsp3) is 0.148. The van der Waals surface area contributed by atoms with Gasteiger partial charge in [-0.1, -0.05) is 24.3 Å². The Bertz CT molecular complexity index is 1440. The summed E-state index contributed by atoms with van der Waals surface area (Å²) in [7, 11) is 0. The molecular formula is C27H23FN4O2S. The number of para-hydroxylation sites is 1. The summed E-state index contributed by atoms with van der Waals surface area (Å²) < 4.78 is 17.0. The summed E-state index contributed by atoms with van der Waals surface area (Å²) >= 11 is 5.71. The van der Waals surface area contributed by atoms with Crippen LogP contribution in [-0.2, 0) is 0 Å². The molecule has 6 nitrogen and oxygen atoms in total. The Balaban J connectivity index is 1.69. The lowest BCUT2D eigenvalue weighted by Crippen LogP contribution is -2.30. The van der Waals surface area contributed by atoms with Crippen molar-refractivity contribution in [2.24, 2.45) is 0 Å². The Kier molecular flexibility index (Phi) is 5.82. The Morgan fingerprint density at radius 3 is 2.54 bits per heavy atom. The van der Waals surface area contributed by atoms with Gasteiger partial charge in [0.1, 0.15) is 5.82 Å². The van der Waals surface area contributed by atoms with Gasteiger partial charge in [-0.05, 0) is 80.2 Å². The minimum atomic E-state index is -0.985. The number of rotatable bonds is 5. The summed E-state index contributed by atoms with van der Waals surface area (Å²) in [6.07, 6.45) is 1.73. The largest absolute Gasteiger partial charge is 0.478 e. The summed E-state index contributed by atoms with van der Waals surface area (Å²) in [6, 6.07) is 20.4. The van der Waals surface area contributed by atoms with E-state index in [-0.39, 0.29) is 23.5 Å². The molecule has 1 aliphatic rings. The van der Waals surface area contributed by atoms with Gasteiger partial charge in [0.2, 0.25) is 0 Å². The molecule has 5 rings (SSSR count). The fourth-order valence-electron chi connectivity index (χ4n) is 4.84. The van der Waals surface area contributed by atoms with E-state index < -0.39 is 5.97 Å². The summed E-state index contributed by atoms with van der Waals surface area (Å²) in [4.78, 5) is 17.9. The topological polar surface area (TPSA) is 70.4 Å². The van der Waals surface area contributed by atoms with Crippen LogP contribution >= 0.6 is 12.2 Å². The van der Waals surface area contributed by atoms with E-state index in [9.17, 15) is 14.3 Å². The van der Waals surface area contributed by atoms with Crippen LogP contribution in [0.4, 0.5) is 10.1 Å². The van der Waals surface area contributed by atoms with Crippen molar-refractivity contribution in [1.82, 2.24) is 14.9 Å². The highest BCUT2D eigenvalue weighted by Crippen LogP contribution is 2.44. The molecule has 0 radical (unpaired) electrons. The number of hydrogen-bond acceptors (Lipinski definition) is 3. The minimum Gasteiger partial charge on any atom is -0.478 e. The number of carboxylic acid groups (broad SMARTS) is 1. The molecule has 2 aromatic carbocycles. The van der Waals surface area contributed by atoms with E-state index in [1.165, 1.54) is 6.07 Å². The Labute approximate surface area is 207 Å². The highest BCUT2D eigenvalue weighted by atomic mass is 32.1. The van der Waals surface area contributed by atoms with Crippen LogP contribution < -0.4 is 10.2 Å². The van der Waals surface area contributed by atoms with Crippen LogP contribution in [0.2, 0.25) is 0 Å². The predicted octanol–water partition coefficient (Wildman–Crippen LogP) is 5.50. The number of benzene rings is 2. The normalized spacial score (nSPS) is 17.5. The van der Waals surface area contributed by atoms with Crippen LogP contribution in [0.5, 0.6) is 0 Å². The first kappa shape index (κ1) is 22.7. The van der Waals surface area contributed by atoms with Crippen molar-refractivity contribution >= 4 is 29.0 Å². The summed E-state index contributed by atoms with van der Waals surface area (Å²) in [6.45, 7) is 3.94. The molecule has 0 amide bonds. The molecule has 0 spiro atoms. The highest BCUT2D eigenvalue weighted by molar-refractivity contribution is 7.80. The Morgan fingerprint density at radius 1 is 1.06 bits per heavy atom. The van der Waals surface area contributed by atoms with Gasteiger partial charge in [0, 0.05) is 23.3 Å². The minimum absolute atomic E-state index is 0.208. The van der Waals surface area contributed by atoms with Crippen molar-refractivity contribution in [2.45, 2.75) is 25.9 Å². The molecule has 35 heavy (non-hydrogen) atoms. The van der Waals surface area contributed by atoms with Crippen LogP contribution in [0.1, 0.15) is 45.1 Å². The first-order chi connectivity index (χ1) is 16.9. The monoisotopic (exact) mass is 486 g/mol. The van der Waals surface area contributed by atoms with Gasteiger partial charge < -0.3 is 19.9 Å². The van der Waals surface area contributed by atoms with Gasteiger partial charge in [0.15, 0.2) is 5.11 Å². The van der Waals surface area contributed by atoms with E-state index >= 15 is 0 Å². The molecule has 1 aliphatic heterocycles. The summed E-state index contributed by atoms with van der Waals surface area (Å²) in [5.74, 6) is -1.35. The lowest BCUT2D eigenvalue weighted by molar-refractivity contribution is 0.0697. The maximum absolute atomic E-state index is 15.0. The van der Waals surface area contributed by atoms with Gasteiger partial charge in [-0.25, -0.2) is 9.18 Å². The SMILES string of the molecule is Cc1cc([C@H]2[C@H](c3ccccn3)NC(=S)N2c2ccccc2F)c(C)n1-c1cccc(C(=O)O)c1. The van der Waals surface area contributed by atoms with E-state index in [1.807, 2.05) is 53.6 Å². The highest BCUT2D eigenvalue weighted by Gasteiger charge is 2.43. The number of pyridine rings is 1. The average Bonchev–Trinajstić information content (AvgIpc) is 3.35. The van der Waals surface area contributed by atoms with Crippen molar-refractivity contribution in [1.29, 1.82) is 0 Å². The number of hydrogen-bond donors (Lipinski definition) is 2. The molecule has 8 heteroatoms. The first-order valence-corrected chi connectivity index (χ1v) is 11.6. The van der Waals surface area contributed by atoms with Crippen molar-refractivity contribution in [3.63, 3.8) is 0 Å². The van der Waals surface area contributed by atoms with Gasteiger partial charge in [0.05, 0.1) is 29.0 Å². The van der Waals surface area contributed by atoms with E-state index in [2.05, 4.69) is 10.3 Å². The number of carboxylic acids is 1. The van der Waals surface area contributed by atoms with Gasteiger partial charge in [-0.3, -0.25) is 4.98 Å². The number of anilines is 1. The quantitative estimate of drug-likeness (QED) is 0.363. The van der Waals surface area contributed by atoms with Crippen molar-refractivity contribution in [2.75, 3.05) is 4.90 Å². The van der Waals surface area contributed by atoms with E-state index in [4.69, 9.17) is 12.2 Å². The zero-order valence-corrected chi connectivity index (χ0v) is 20.0. The number of nitrogens with zero attached hydrogens (tertiary/aromatic N) is 3. The maximum atomic E-state index is 15.0. The second kappa shape index (κ2) is 8.96. The average molecular weight is 487 g/mol. The molecule has 0 bridgehead atoms. The molecule has 0 saturated carbocycles.